The minimum absolute atomic E-state index is 0.0919. The second kappa shape index (κ2) is 9.84. The Balaban J connectivity index is 1.70. The summed E-state index contributed by atoms with van der Waals surface area (Å²) < 4.78 is 0.888. The summed E-state index contributed by atoms with van der Waals surface area (Å²) in [5, 5.41) is 9.32. The van der Waals surface area contributed by atoms with Gasteiger partial charge < -0.3 is 16.0 Å². The molecule has 25 heavy (non-hydrogen) atoms. The highest BCUT2D eigenvalue weighted by atomic mass is 79.9. The van der Waals surface area contributed by atoms with Crippen molar-refractivity contribution in [3.8, 4) is 0 Å². The van der Waals surface area contributed by atoms with E-state index in [1.807, 2.05) is 12.1 Å². The van der Waals surface area contributed by atoms with Gasteiger partial charge in [0.25, 0.3) is 5.91 Å². The third-order valence-corrected chi connectivity index (χ3v) is 4.09. The van der Waals surface area contributed by atoms with Crippen LogP contribution in [0.25, 0.3) is 0 Å². The number of aliphatic imine (C=N–C) groups is 1. The molecule has 0 fully saturated rings. The van der Waals surface area contributed by atoms with Crippen LogP contribution in [0, 0.1) is 6.92 Å². The monoisotopic (exact) mass is 402 g/mol. The maximum absolute atomic E-state index is 12.0. The van der Waals surface area contributed by atoms with E-state index in [0.717, 1.165) is 4.47 Å². The molecule has 1 amide bonds. The number of carbonyl (C=O) groups is 1. The largest absolute Gasteiger partial charge is 0.355 e. The van der Waals surface area contributed by atoms with Gasteiger partial charge >= 0.3 is 0 Å². The minimum atomic E-state index is -0.0919. The van der Waals surface area contributed by atoms with Crippen molar-refractivity contribution in [1.29, 1.82) is 0 Å². The van der Waals surface area contributed by atoms with Gasteiger partial charge in [0.15, 0.2) is 5.96 Å². The van der Waals surface area contributed by atoms with Gasteiger partial charge in [-0.1, -0.05) is 51.8 Å². The molecule has 0 aliphatic rings. The summed E-state index contributed by atoms with van der Waals surface area (Å²) in [7, 11) is 1.73. The first-order valence-electron chi connectivity index (χ1n) is 8.12. The molecule has 0 saturated carbocycles. The molecule has 2 rings (SSSR count). The van der Waals surface area contributed by atoms with Crippen LogP contribution < -0.4 is 16.0 Å². The molecule has 3 N–H and O–H groups in total. The first-order chi connectivity index (χ1) is 12.1. The number of benzene rings is 2. The third-order valence-electron chi connectivity index (χ3n) is 3.59. The summed E-state index contributed by atoms with van der Waals surface area (Å²) in [5.41, 5.74) is 3.07. The molecular formula is C19H23BrN4O. The molecule has 0 unspecified atom stereocenters. The summed E-state index contributed by atoms with van der Waals surface area (Å²) in [6.07, 6.45) is 0. The van der Waals surface area contributed by atoms with E-state index in [9.17, 15) is 4.79 Å². The molecule has 6 heteroatoms. The van der Waals surface area contributed by atoms with Crippen LogP contribution in [0.5, 0.6) is 0 Å². The van der Waals surface area contributed by atoms with Gasteiger partial charge in [0, 0.05) is 36.7 Å². The fourth-order valence-corrected chi connectivity index (χ4v) is 2.60. The number of hydrogen-bond donors (Lipinski definition) is 3. The summed E-state index contributed by atoms with van der Waals surface area (Å²) in [6, 6.07) is 15.7. The van der Waals surface area contributed by atoms with E-state index in [2.05, 4.69) is 68.1 Å². The fourth-order valence-electron chi connectivity index (χ4n) is 2.20. The molecule has 5 nitrogen and oxygen atoms in total. The van der Waals surface area contributed by atoms with E-state index < -0.39 is 0 Å². The number of aryl methyl sites for hydroxylation is 1. The van der Waals surface area contributed by atoms with E-state index in [1.54, 1.807) is 19.2 Å². The zero-order valence-electron chi connectivity index (χ0n) is 14.5. The molecule has 0 aliphatic carbocycles. The van der Waals surface area contributed by atoms with Gasteiger partial charge in [-0.2, -0.15) is 0 Å². The molecule has 0 heterocycles. The van der Waals surface area contributed by atoms with E-state index in [-0.39, 0.29) is 5.91 Å². The van der Waals surface area contributed by atoms with Gasteiger partial charge in [-0.25, -0.2) is 0 Å². The maximum atomic E-state index is 12.0. The highest BCUT2D eigenvalue weighted by Gasteiger charge is 2.05. The summed E-state index contributed by atoms with van der Waals surface area (Å²) in [6.45, 7) is 3.87. The van der Waals surface area contributed by atoms with Crippen LogP contribution in [-0.2, 0) is 6.54 Å². The number of hydrogen-bond acceptors (Lipinski definition) is 2. The molecule has 0 spiro atoms. The standard InChI is InChI=1S/C19H23BrN4O/c1-14-6-8-15(9-7-14)13-24-19(21-2)23-11-10-22-18(25)16-4-3-5-17(20)12-16/h3-9,12H,10-11,13H2,1-2H3,(H,22,25)(H2,21,23,24). The lowest BCUT2D eigenvalue weighted by molar-refractivity contribution is 0.0954. The fraction of sp³-hybridized carbons (Fsp3) is 0.263. The molecule has 0 aromatic heterocycles. The van der Waals surface area contributed by atoms with Crippen molar-refractivity contribution in [3.05, 3.63) is 69.7 Å². The van der Waals surface area contributed by atoms with E-state index >= 15 is 0 Å². The second-order valence-corrected chi connectivity index (χ2v) is 6.52. The zero-order valence-corrected chi connectivity index (χ0v) is 16.1. The normalized spacial score (nSPS) is 11.1. The predicted molar refractivity (Wildman–Crippen MR) is 106 cm³/mol. The zero-order chi connectivity index (χ0) is 18.1. The van der Waals surface area contributed by atoms with Crippen molar-refractivity contribution in [1.82, 2.24) is 16.0 Å². The highest BCUT2D eigenvalue weighted by molar-refractivity contribution is 9.10. The minimum Gasteiger partial charge on any atom is -0.355 e. The Morgan fingerprint density at radius 1 is 1.04 bits per heavy atom. The molecule has 0 bridgehead atoms. The number of nitrogens with one attached hydrogen (secondary N) is 3. The SMILES string of the molecule is CN=C(NCCNC(=O)c1cccc(Br)c1)NCc1ccc(C)cc1. The molecule has 0 saturated heterocycles. The molecule has 2 aromatic carbocycles. The third kappa shape index (κ3) is 6.58. The van der Waals surface area contributed by atoms with Crippen LogP contribution in [0.1, 0.15) is 21.5 Å². The van der Waals surface area contributed by atoms with Gasteiger partial charge in [-0.15, -0.1) is 0 Å². The number of amides is 1. The van der Waals surface area contributed by atoms with Crippen molar-refractivity contribution < 1.29 is 4.79 Å². The Labute approximate surface area is 157 Å². The van der Waals surface area contributed by atoms with Crippen LogP contribution in [0.4, 0.5) is 0 Å². The number of halogens is 1. The van der Waals surface area contributed by atoms with Crippen LogP contribution in [0.3, 0.4) is 0 Å². The lowest BCUT2D eigenvalue weighted by atomic mass is 10.1. The smallest absolute Gasteiger partial charge is 0.251 e. The molecular weight excluding hydrogens is 380 g/mol. The molecule has 0 aliphatic heterocycles. The van der Waals surface area contributed by atoms with Crippen molar-refractivity contribution in [2.45, 2.75) is 13.5 Å². The van der Waals surface area contributed by atoms with Gasteiger partial charge in [0.05, 0.1) is 0 Å². The lowest BCUT2D eigenvalue weighted by Gasteiger charge is -2.12. The van der Waals surface area contributed by atoms with Crippen molar-refractivity contribution in [2.24, 2.45) is 4.99 Å². The Morgan fingerprint density at radius 3 is 2.44 bits per heavy atom. The average molecular weight is 403 g/mol. The molecule has 2 aromatic rings. The van der Waals surface area contributed by atoms with Gasteiger partial charge in [0.2, 0.25) is 0 Å². The van der Waals surface area contributed by atoms with Crippen molar-refractivity contribution in [2.75, 3.05) is 20.1 Å². The maximum Gasteiger partial charge on any atom is 0.251 e. The van der Waals surface area contributed by atoms with Gasteiger partial charge in [-0.05, 0) is 30.7 Å². The van der Waals surface area contributed by atoms with E-state index in [0.29, 0.717) is 31.2 Å². The number of nitrogens with zero attached hydrogens (tertiary/aromatic N) is 1. The van der Waals surface area contributed by atoms with Crippen LogP contribution >= 0.6 is 15.9 Å². The Bertz CT molecular complexity index is 728. The first kappa shape index (κ1) is 19.0. The number of carbonyl (C=O) groups excluding carboxylic acids is 1. The Hall–Kier alpha value is -2.34. The summed E-state index contributed by atoms with van der Waals surface area (Å²) in [5.74, 6) is 0.614. The average Bonchev–Trinajstić information content (AvgIpc) is 2.62. The number of rotatable bonds is 6. The Kier molecular flexibility index (Phi) is 7.47. The van der Waals surface area contributed by atoms with Crippen molar-refractivity contribution >= 4 is 27.8 Å². The van der Waals surface area contributed by atoms with Gasteiger partial charge in [0.1, 0.15) is 0 Å². The topological polar surface area (TPSA) is 65.5 Å². The van der Waals surface area contributed by atoms with Crippen molar-refractivity contribution in [3.63, 3.8) is 0 Å². The van der Waals surface area contributed by atoms with Crippen LogP contribution in [0.2, 0.25) is 0 Å². The number of guanidine groups is 1. The lowest BCUT2D eigenvalue weighted by Crippen LogP contribution is -2.41. The van der Waals surface area contributed by atoms with Crippen LogP contribution in [-0.4, -0.2) is 32.0 Å². The predicted octanol–water partition coefficient (Wildman–Crippen LogP) is 2.85. The highest BCUT2D eigenvalue weighted by Crippen LogP contribution is 2.11. The van der Waals surface area contributed by atoms with E-state index in [1.165, 1.54) is 11.1 Å². The second-order valence-electron chi connectivity index (χ2n) is 5.60. The Morgan fingerprint density at radius 2 is 1.76 bits per heavy atom. The summed E-state index contributed by atoms with van der Waals surface area (Å²) >= 11 is 3.36. The molecule has 0 radical (unpaired) electrons. The van der Waals surface area contributed by atoms with E-state index in [4.69, 9.17) is 0 Å². The van der Waals surface area contributed by atoms with Crippen LogP contribution in [0.15, 0.2) is 58.0 Å². The van der Waals surface area contributed by atoms with Gasteiger partial charge in [-0.3, -0.25) is 9.79 Å². The molecule has 0 atom stereocenters. The quantitative estimate of drug-likeness (QED) is 0.395. The molecule has 132 valence electrons. The first-order valence-corrected chi connectivity index (χ1v) is 8.91. The summed E-state index contributed by atoms with van der Waals surface area (Å²) in [4.78, 5) is 16.2.